The molecule has 0 amide bonds. The minimum Gasteiger partial charge on any atom is -0.399 e. The van der Waals surface area contributed by atoms with E-state index in [-0.39, 0.29) is 0 Å². The van der Waals surface area contributed by atoms with Gasteiger partial charge >= 0.3 is 0 Å². The van der Waals surface area contributed by atoms with Gasteiger partial charge in [0.2, 0.25) is 0 Å². The van der Waals surface area contributed by atoms with Gasteiger partial charge in [0.1, 0.15) is 0 Å². The SMILES string of the molecule is Nc1ccc(S(=O)CCc2ccncc2)cc1. The van der Waals surface area contributed by atoms with Gasteiger partial charge in [0.15, 0.2) is 0 Å². The van der Waals surface area contributed by atoms with E-state index < -0.39 is 10.8 Å². The van der Waals surface area contributed by atoms with Gasteiger partial charge in [-0.1, -0.05) is 0 Å². The summed E-state index contributed by atoms with van der Waals surface area (Å²) in [6.45, 7) is 0. The molecule has 0 aliphatic carbocycles. The first kappa shape index (κ1) is 11.8. The summed E-state index contributed by atoms with van der Waals surface area (Å²) in [5.41, 5.74) is 7.44. The van der Waals surface area contributed by atoms with Crippen molar-refractivity contribution in [2.45, 2.75) is 11.3 Å². The molecule has 3 nitrogen and oxygen atoms in total. The van der Waals surface area contributed by atoms with E-state index in [1.807, 2.05) is 24.3 Å². The van der Waals surface area contributed by atoms with Crippen molar-refractivity contribution in [3.8, 4) is 0 Å². The Labute approximate surface area is 103 Å². The van der Waals surface area contributed by atoms with Gasteiger partial charge in [-0.25, -0.2) is 0 Å². The lowest BCUT2D eigenvalue weighted by atomic mass is 10.2. The Hall–Kier alpha value is -1.68. The van der Waals surface area contributed by atoms with Crippen LogP contribution in [0.3, 0.4) is 0 Å². The van der Waals surface area contributed by atoms with Crippen molar-refractivity contribution in [3.05, 3.63) is 54.4 Å². The number of nitrogen functional groups attached to an aromatic ring is 1. The first-order valence-corrected chi connectivity index (χ1v) is 6.70. The zero-order valence-corrected chi connectivity index (χ0v) is 10.2. The topological polar surface area (TPSA) is 56.0 Å². The molecule has 1 atom stereocenters. The summed E-state index contributed by atoms with van der Waals surface area (Å²) in [7, 11) is -0.968. The molecular weight excluding hydrogens is 232 g/mol. The Bertz CT molecular complexity index is 497. The maximum Gasteiger partial charge on any atom is 0.0532 e. The molecule has 0 bridgehead atoms. The molecule has 0 saturated carbocycles. The van der Waals surface area contributed by atoms with E-state index in [9.17, 15) is 4.21 Å². The number of hydrogen-bond acceptors (Lipinski definition) is 3. The molecule has 1 heterocycles. The third kappa shape index (κ3) is 3.39. The Kier molecular flexibility index (Phi) is 3.88. The molecule has 0 fully saturated rings. The van der Waals surface area contributed by atoms with Gasteiger partial charge < -0.3 is 5.73 Å². The number of nitrogens with two attached hydrogens (primary N) is 1. The minimum absolute atomic E-state index is 0.619. The number of nitrogens with zero attached hydrogens (tertiary/aromatic N) is 1. The molecule has 1 aromatic heterocycles. The molecule has 2 N–H and O–H groups in total. The third-order valence-electron chi connectivity index (χ3n) is 2.47. The van der Waals surface area contributed by atoms with Crippen LogP contribution in [0.2, 0.25) is 0 Å². The molecule has 0 spiro atoms. The van der Waals surface area contributed by atoms with Crippen molar-refractivity contribution in [1.82, 2.24) is 4.98 Å². The second-order valence-corrected chi connectivity index (χ2v) is 5.29. The minimum atomic E-state index is -0.968. The zero-order chi connectivity index (χ0) is 12.1. The van der Waals surface area contributed by atoms with Crippen LogP contribution < -0.4 is 5.73 Å². The zero-order valence-electron chi connectivity index (χ0n) is 9.37. The highest BCUT2D eigenvalue weighted by Crippen LogP contribution is 2.11. The van der Waals surface area contributed by atoms with E-state index in [4.69, 9.17) is 5.73 Å². The summed E-state index contributed by atoms with van der Waals surface area (Å²) in [4.78, 5) is 4.78. The monoisotopic (exact) mass is 246 g/mol. The van der Waals surface area contributed by atoms with E-state index in [0.717, 1.165) is 16.9 Å². The molecule has 17 heavy (non-hydrogen) atoms. The van der Waals surface area contributed by atoms with Crippen LogP contribution in [0.1, 0.15) is 5.56 Å². The van der Waals surface area contributed by atoms with Crippen molar-refractivity contribution in [3.63, 3.8) is 0 Å². The number of anilines is 1. The molecule has 4 heteroatoms. The van der Waals surface area contributed by atoms with Crippen molar-refractivity contribution in [2.75, 3.05) is 11.5 Å². The molecule has 0 radical (unpaired) electrons. The number of benzene rings is 1. The fraction of sp³-hybridized carbons (Fsp3) is 0.154. The van der Waals surface area contributed by atoms with Gasteiger partial charge in [-0.2, -0.15) is 0 Å². The summed E-state index contributed by atoms with van der Waals surface area (Å²) in [5.74, 6) is 0.619. The predicted octanol–water partition coefficient (Wildman–Crippen LogP) is 2.01. The Morgan fingerprint density at radius 3 is 2.35 bits per heavy atom. The maximum absolute atomic E-state index is 12.0. The van der Waals surface area contributed by atoms with Crippen molar-refractivity contribution < 1.29 is 4.21 Å². The van der Waals surface area contributed by atoms with Gasteiger partial charge in [0, 0.05) is 28.7 Å². The Morgan fingerprint density at radius 2 is 1.71 bits per heavy atom. The van der Waals surface area contributed by atoms with Crippen LogP contribution >= 0.6 is 0 Å². The highest BCUT2D eigenvalue weighted by Gasteiger charge is 2.03. The summed E-state index contributed by atoms with van der Waals surface area (Å²) >= 11 is 0. The normalized spacial score (nSPS) is 12.2. The fourth-order valence-electron chi connectivity index (χ4n) is 1.50. The summed E-state index contributed by atoms with van der Waals surface area (Å²) in [5, 5.41) is 0. The molecular formula is C13H14N2OS. The molecule has 0 aliphatic heterocycles. The van der Waals surface area contributed by atoms with Crippen LogP contribution in [0.15, 0.2) is 53.7 Å². The predicted molar refractivity (Wildman–Crippen MR) is 70.1 cm³/mol. The lowest BCUT2D eigenvalue weighted by molar-refractivity contribution is 0.682. The summed E-state index contributed by atoms with van der Waals surface area (Å²) in [6, 6.07) is 11.1. The van der Waals surface area contributed by atoms with Crippen LogP contribution in [0.5, 0.6) is 0 Å². The average Bonchev–Trinajstić information content (AvgIpc) is 2.38. The van der Waals surface area contributed by atoms with E-state index in [0.29, 0.717) is 11.4 Å². The van der Waals surface area contributed by atoms with E-state index in [1.54, 1.807) is 24.5 Å². The van der Waals surface area contributed by atoms with Gasteiger partial charge in [0.25, 0.3) is 0 Å². The van der Waals surface area contributed by atoms with Gasteiger partial charge in [-0.15, -0.1) is 0 Å². The lowest BCUT2D eigenvalue weighted by Crippen LogP contribution is -2.01. The van der Waals surface area contributed by atoms with Crippen molar-refractivity contribution in [2.24, 2.45) is 0 Å². The van der Waals surface area contributed by atoms with E-state index in [2.05, 4.69) is 4.98 Å². The van der Waals surface area contributed by atoms with Crippen LogP contribution in [0.4, 0.5) is 5.69 Å². The maximum atomic E-state index is 12.0. The highest BCUT2D eigenvalue weighted by atomic mass is 32.2. The van der Waals surface area contributed by atoms with Crippen molar-refractivity contribution >= 4 is 16.5 Å². The quantitative estimate of drug-likeness (QED) is 0.840. The Balaban J connectivity index is 1.96. The van der Waals surface area contributed by atoms with Gasteiger partial charge in [0.05, 0.1) is 10.8 Å². The summed E-state index contributed by atoms with van der Waals surface area (Å²) < 4.78 is 12.0. The van der Waals surface area contributed by atoms with Crippen LogP contribution in [-0.2, 0) is 17.2 Å². The first-order chi connectivity index (χ1) is 8.25. The largest absolute Gasteiger partial charge is 0.399 e. The number of pyridine rings is 1. The lowest BCUT2D eigenvalue weighted by Gasteiger charge is -2.03. The fourth-order valence-corrected chi connectivity index (χ4v) is 2.59. The molecule has 0 aliphatic rings. The second kappa shape index (κ2) is 5.59. The highest BCUT2D eigenvalue weighted by molar-refractivity contribution is 7.85. The molecule has 1 unspecified atom stereocenters. The van der Waals surface area contributed by atoms with Crippen molar-refractivity contribution in [1.29, 1.82) is 0 Å². The van der Waals surface area contributed by atoms with Gasteiger partial charge in [-0.05, 0) is 48.4 Å². The molecule has 2 aromatic rings. The number of rotatable bonds is 4. The number of hydrogen-bond donors (Lipinski definition) is 1. The van der Waals surface area contributed by atoms with Crippen LogP contribution in [0, 0.1) is 0 Å². The smallest absolute Gasteiger partial charge is 0.0532 e. The van der Waals surface area contributed by atoms with E-state index >= 15 is 0 Å². The molecule has 2 rings (SSSR count). The number of aromatic nitrogens is 1. The van der Waals surface area contributed by atoms with E-state index in [1.165, 1.54) is 0 Å². The standard InChI is InChI=1S/C13H14N2OS/c14-12-1-3-13(4-2-12)17(16)10-7-11-5-8-15-9-6-11/h1-6,8-9H,7,10,14H2. The second-order valence-electron chi connectivity index (χ2n) is 3.72. The van der Waals surface area contributed by atoms with Gasteiger partial charge in [-0.3, -0.25) is 9.19 Å². The Morgan fingerprint density at radius 1 is 1.06 bits per heavy atom. The first-order valence-electron chi connectivity index (χ1n) is 5.38. The molecule has 0 saturated heterocycles. The molecule has 1 aromatic carbocycles. The third-order valence-corrected chi connectivity index (χ3v) is 3.84. The summed E-state index contributed by atoms with van der Waals surface area (Å²) in [6.07, 6.45) is 4.29. The average molecular weight is 246 g/mol. The number of aryl methyl sites for hydroxylation is 1. The van der Waals surface area contributed by atoms with Crippen LogP contribution in [0.25, 0.3) is 0 Å². The van der Waals surface area contributed by atoms with Crippen LogP contribution in [-0.4, -0.2) is 14.9 Å². The molecule has 88 valence electrons.